The maximum absolute atomic E-state index is 12.7. The Bertz CT molecular complexity index is 690. The van der Waals surface area contributed by atoms with Gasteiger partial charge in [0, 0.05) is 5.56 Å². The summed E-state index contributed by atoms with van der Waals surface area (Å²) in [5, 5.41) is 0. The molecule has 1 heterocycles. The van der Waals surface area contributed by atoms with Gasteiger partial charge >= 0.3 is 11.9 Å². The first-order valence-corrected chi connectivity index (χ1v) is 6.53. The van der Waals surface area contributed by atoms with Crippen LogP contribution in [0.2, 0.25) is 0 Å². The summed E-state index contributed by atoms with van der Waals surface area (Å²) < 4.78 is 38.2. The molecule has 0 radical (unpaired) electrons. The van der Waals surface area contributed by atoms with Crippen LogP contribution in [0.15, 0.2) is 35.1 Å². The molecule has 0 saturated carbocycles. The average Bonchev–Trinajstić information content (AvgIpc) is 2.36. The second-order valence-electron chi connectivity index (χ2n) is 5.28. The molecular formula is C15H15F3N2O. The van der Waals surface area contributed by atoms with Gasteiger partial charge in [-0.3, -0.25) is 0 Å². The van der Waals surface area contributed by atoms with Gasteiger partial charge in [0.25, 0.3) is 0 Å². The van der Waals surface area contributed by atoms with Crippen molar-refractivity contribution in [1.29, 1.82) is 0 Å². The number of hydrogen-bond acceptors (Lipinski definition) is 2. The van der Waals surface area contributed by atoms with E-state index in [1.165, 1.54) is 0 Å². The second-order valence-corrected chi connectivity index (χ2v) is 5.28. The predicted molar refractivity (Wildman–Crippen MR) is 73.8 cm³/mol. The van der Waals surface area contributed by atoms with Gasteiger partial charge in [0.2, 0.25) is 0 Å². The number of benzene rings is 1. The quantitative estimate of drug-likeness (QED) is 0.939. The third-order valence-corrected chi connectivity index (χ3v) is 2.92. The maximum atomic E-state index is 12.7. The summed E-state index contributed by atoms with van der Waals surface area (Å²) in [6, 6.07) is 7.92. The standard InChI is InChI=1S/C15H15F3N2O/c1-9(2)6-10-4-3-5-11(7-10)12-8-13(15(16,17)18)20-14(21)19-12/h3-5,7-9H,6H2,1-2H3,(H,19,20,21). The number of aromatic amines is 1. The molecule has 0 atom stereocenters. The van der Waals surface area contributed by atoms with E-state index in [2.05, 4.69) is 18.8 Å². The van der Waals surface area contributed by atoms with Crippen LogP contribution in [-0.4, -0.2) is 9.97 Å². The normalized spacial score (nSPS) is 11.9. The summed E-state index contributed by atoms with van der Waals surface area (Å²) in [5.41, 5.74) is -0.569. The molecule has 0 aliphatic rings. The summed E-state index contributed by atoms with van der Waals surface area (Å²) >= 11 is 0. The van der Waals surface area contributed by atoms with Gasteiger partial charge in [0.05, 0.1) is 5.69 Å². The average molecular weight is 296 g/mol. The highest BCUT2D eigenvalue weighted by Gasteiger charge is 2.32. The lowest BCUT2D eigenvalue weighted by molar-refractivity contribution is -0.141. The predicted octanol–water partition coefficient (Wildman–Crippen LogP) is 3.65. The van der Waals surface area contributed by atoms with Gasteiger partial charge in [-0.15, -0.1) is 0 Å². The first kappa shape index (κ1) is 15.3. The van der Waals surface area contributed by atoms with E-state index in [0.717, 1.165) is 18.1 Å². The Labute approximate surface area is 119 Å². The van der Waals surface area contributed by atoms with Crippen LogP contribution in [0.25, 0.3) is 11.3 Å². The Morgan fingerprint density at radius 1 is 1.24 bits per heavy atom. The number of nitrogens with zero attached hydrogens (tertiary/aromatic N) is 1. The van der Waals surface area contributed by atoms with Crippen molar-refractivity contribution in [2.24, 2.45) is 5.92 Å². The Morgan fingerprint density at radius 3 is 2.57 bits per heavy atom. The third-order valence-electron chi connectivity index (χ3n) is 2.92. The monoisotopic (exact) mass is 296 g/mol. The highest BCUT2D eigenvalue weighted by atomic mass is 19.4. The van der Waals surface area contributed by atoms with Gasteiger partial charge in [-0.25, -0.2) is 4.79 Å². The molecule has 0 aliphatic heterocycles. The molecule has 3 nitrogen and oxygen atoms in total. The van der Waals surface area contributed by atoms with Crippen molar-refractivity contribution in [3.63, 3.8) is 0 Å². The van der Waals surface area contributed by atoms with Crippen molar-refractivity contribution < 1.29 is 13.2 Å². The van der Waals surface area contributed by atoms with E-state index in [9.17, 15) is 18.0 Å². The number of rotatable bonds is 3. The summed E-state index contributed by atoms with van der Waals surface area (Å²) in [6.07, 6.45) is -3.80. The summed E-state index contributed by atoms with van der Waals surface area (Å²) in [5.74, 6) is 0.429. The first-order valence-electron chi connectivity index (χ1n) is 6.53. The van der Waals surface area contributed by atoms with Crippen LogP contribution in [0.4, 0.5) is 13.2 Å². The highest BCUT2D eigenvalue weighted by Crippen LogP contribution is 2.29. The SMILES string of the molecule is CC(C)Cc1cccc(-c2cc(C(F)(F)F)[nH]c(=O)n2)c1. The summed E-state index contributed by atoms with van der Waals surface area (Å²) in [4.78, 5) is 16.7. The Morgan fingerprint density at radius 2 is 1.95 bits per heavy atom. The van der Waals surface area contributed by atoms with Crippen LogP contribution in [0.5, 0.6) is 0 Å². The highest BCUT2D eigenvalue weighted by molar-refractivity contribution is 5.60. The van der Waals surface area contributed by atoms with Gasteiger partial charge in [-0.05, 0) is 30.0 Å². The molecule has 0 bridgehead atoms. The van der Waals surface area contributed by atoms with Crippen LogP contribution < -0.4 is 5.69 Å². The summed E-state index contributed by atoms with van der Waals surface area (Å²) in [7, 11) is 0. The lowest BCUT2D eigenvalue weighted by Gasteiger charge is -2.09. The minimum absolute atomic E-state index is 0.0247. The third kappa shape index (κ3) is 3.93. The number of H-pyrrole nitrogens is 1. The van der Waals surface area contributed by atoms with Crippen molar-refractivity contribution in [2.45, 2.75) is 26.4 Å². The smallest absolute Gasteiger partial charge is 0.302 e. The number of hydrogen-bond donors (Lipinski definition) is 1. The van der Waals surface area contributed by atoms with Gasteiger partial charge in [-0.2, -0.15) is 18.2 Å². The number of nitrogens with one attached hydrogen (secondary N) is 1. The van der Waals surface area contributed by atoms with Crippen LogP contribution in [0.3, 0.4) is 0 Å². The van der Waals surface area contributed by atoms with E-state index in [1.54, 1.807) is 23.2 Å². The number of halogens is 3. The minimum atomic E-state index is -4.60. The van der Waals surface area contributed by atoms with Gasteiger partial charge in [-0.1, -0.05) is 32.0 Å². The second kappa shape index (κ2) is 5.71. The van der Waals surface area contributed by atoms with E-state index < -0.39 is 17.6 Å². The largest absolute Gasteiger partial charge is 0.431 e. The Balaban J connectivity index is 2.47. The zero-order valence-electron chi connectivity index (χ0n) is 11.7. The molecule has 0 fully saturated rings. The zero-order chi connectivity index (χ0) is 15.6. The fraction of sp³-hybridized carbons (Fsp3) is 0.333. The molecule has 21 heavy (non-hydrogen) atoms. The van der Waals surface area contributed by atoms with Crippen molar-refractivity contribution in [1.82, 2.24) is 9.97 Å². The van der Waals surface area contributed by atoms with Crippen LogP contribution in [0, 0.1) is 5.92 Å². The van der Waals surface area contributed by atoms with E-state index in [-0.39, 0.29) is 5.69 Å². The topological polar surface area (TPSA) is 45.8 Å². The number of alkyl halides is 3. The molecule has 112 valence electrons. The molecule has 2 aromatic rings. The van der Waals surface area contributed by atoms with Gasteiger partial charge < -0.3 is 4.98 Å². The fourth-order valence-corrected chi connectivity index (χ4v) is 2.09. The molecule has 0 spiro atoms. The lowest BCUT2D eigenvalue weighted by Crippen LogP contribution is -2.19. The molecule has 1 N–H and O–H groups in total. The van der Waals surface area contributed by atoms with Crippen LogP contribution >= 0.6 is 0 Å². The van der Waals surface area contributed by atoms with Gasteiger partial charge in [0.15, 0.2) is 0 Å². The number of aromatic nitrogens is 2. The molecule has 2 rings (SSSR count). The maximum Gasteiger partial charge on any atom is 0.431 e. The molecule has 0 amide bonds. The van der Waals surface area contributed by atoms with E-state index >= 15 is 0 Å². The van der Waals surface area contributed by atoms with Crippen LogP contribution in [-0.2, 0) is 12.6 Å². The summed E-state index contributed by atoms with van der Waals surface area (Å²) in [6.45, 7) is 4.11. The molecule has 1 aromatic carbocycles. The zero-order valence-corrected chi connectivity index (χ0v) is 11.7. The van der Waals surface area contributed by atoms with Crippen molar-refractivity contribution >= 4 is 0 Å². The van der Waals surface area contributed by atoms with Crippen molar-refractivity contribution in [3.05, 3.63) is 52.1 Å². The van der Waals surface area contributed by atoms with E-state index in [1.807, 2.05) is 6.07 Å². The molecule has 0 unspecified atom stereocenters. The van der Waals surface area contributed by atoms with E-state index in [4.69, 9.17) is 0 Å². The minimum Gasteiger partial charge on any atom is -0.302 e. The lowest BCUT2D eigenvalue weighted by atomic mass is 10.00. The Kier molecular flexibility index (Phi) is 4.16. The molecular weight excluding hydrogens is 281 g/mol. The molecule has 0 aliphatic carbocycles. The molecule has 6 heteroatoms. The first-order chi connectivity index (χ1) is 9.75. The Hall–Kier alpha value is -2.11. The van der Waals surface area contributed by atoms with Gasteiger partial charge in [0.1, 0.15) is 5.69 Å². The van der Waals surface area contributed by atoms with Crippen LogP contribution in [0.1, 0.15) is 25.1 Å². The fourth-order valence-electron chi connectivity index (χ4n) is 2.09. The molecule has 0 saturated heterocycles. The van der Waals surface area contributed by atoms with E-state index in [0.29, 0.717) is 11.5 Å². The van der Waals surface area contributed by atoms with Crippen molar-refractivity contribution in [3.8, 4) is 11.3 Å². The molecule has 1 aromatic heterocycles. The van der Waals surface area contributed by atoms with Crippen molar-refractivity contribution in [2.75, 3.05) is 0 Å².